The maximum Gasteiger partial charge on any atom is 0.0302 e. The van der Waals surface area contributed by atoms with Crippen LogP contribution in [0.4, 0.5) is 0 Å². The van der Waals surface area contributed by atoms with Gasteiger partial charge in [-0.1, -0.05) is 0 Å². The molecule has 1 spiro atoms. The quantitative estimate of drug-likeness (QED) is 0.737. The minimum absolute atomic E-state index is 0.566. The van der Waals surface area contributed by atoms with Gasteiger partial charge in [-0.2, -0.15) is 0 Å². The second-order valence-corrected chi connectivity index (χ2v) is 6.13. The minimum Gasteiger partial charge on any atom is -0.301 e. The molecule has 1 aromatic heterocycles. The van der Waals surface area contributed by atoms with E-state index in [0.29, 0.717) is 11.5 Å². The Morgan fingerprint density at radius 2 is 1.88 bits per heavy atom. The van der Waals surface area contributed by atoms with Crippen LogP contribution in [0.5, 0.6) is 0 Å². The Balaban J connectivity index is 1.72. The molecule has 1 aliphatic heterocycles. The Morgan fingerprint density at radius 1 is 1.18 bits per heavy atom. The molecule has 1 aliphatic carbocycles. The van der Waals surface area contributed by atoms with Crippen molar-refractivity contribution in [1.29, 1.82) is 0 Å². The number of fused-ring (bicyclic) bond motifs is 1. The second kappa shape index (κ2) is 4.09. The molecule has 0 atom stereocenters. The van der Waals surface area contributed by atoms with Crippen molar-refractivity contribution in [3.63, 3.8) is 0 Å². The summed E-state index contributed by atoms with van der Waals surface area (Å²) in [6.07, 6.45) is 9.30. The van der Waals surface area contributed by atoms with Crippen LogP contribution >= 0.6 is 0 Å². The lowest BCUT2D eigenvalue weighted by Crippen LogP contribution is -2.43. The van der Waals surface area contributed by atoms with Crippen LogP contribution in [-0.2, 0) is 12.8 Å². The highest BCUT2D eigenvalue weighted by molar-refractivity contribution is 5.31. The second-order valence-electron chi connectivity index (χ2n) is 6.13. The fraction of sp³-hybridized carbons (Fsp3) is 0.667. The molecule has 0 amide bonds. The number of aromatic nitrogens is 1. The van der Waals surface area contributed by atoms with Crippen molar-refractivity contribution in [3.05, 3.63) is 29.6 Å². The normalized spacial score (nSPS) is 23.2. The van der Waals surface area contributed by atoms with E-state index in [2.05, 4.69) is 36.0 Å². The van der Waals surface area contributed by atoms with Crippen LogP contribution in [-0.4, -0.2) is 29.0 Å². The summed E-state index contributed by atoms with van der Waals surface area (Å²) in [4.78, 5) is 6.88. The minimum atomic E-state index is 0.566. The number of pyridine rings is 1. The Bertz CT molecular complexity index is 376. The lowest BCUT2D eigenvalue weighted by atomic mass is 9.76. The molecule has 3 rings (SSSR count). The molecule has 2 heterocycles. The van der Waals surface area contributed by atoms with E-state index in [9.17, 15) is 0 Å². The first kappa shape index (κ1) is 11.2. The molecule has 0 radical (unpaired) electrons. The third kappa shape index (κ3) is 1.99. The molecule has 0 N–H and O–H groups in total. The summed E-state index contributed by atoms with van der Waals surface area (Å²) in [6, 6.07) is 2.93. The van der Waals surface area contributed by atoms with E-state index < -0.39 is 0 Å². The van der Waals surface area contributed by atoms with Crippen LogP contribution in [0.2, 0.25) is 0 Å². The number of likely N-dealkylation sites (tertiary alicyclic amines) is 1. The Hall–Kier alpha value is -0.890. The van der Waals surface area contributed by atoms with Crippen molar-refractivity contribution in [1.82, 2.24) is 9.88 Å². The summed E-state index contributed by atoms with van der Waals surface area (Å²) in [5.41, 5.74) is 3.63. The highest BCUT2D eigenvalue weighted by Crippen LogP contribution is 2.44. The average molecular weight is 230 g/mol. The first-order valence-corrected chi connectivity index (χ1v) is 6.84. The first-order valence-electron chi connectivity index (χ1n) is 6.84. The summed E-state index contributed by atoms with van der Waals surface area (Å²) in [5.74, 6) is 0. The smallest absolute Gasteiger partial charge is 0.0302 e. The third-order valence-electron chi connectivity index (χ3n) is 4.72. The molecule has 0 bridgehead atoms. The van der Waals surface area contributed by atoms with E-state index in [4.69, 9.17) is 0 Å². The van der Waals surface area contributed by atoms with Gasteiger partial charge < -0.3 is 4.90 Å². The third-order valence-corrected chi connectivity index (χ3v) is 4.72. The van der Waals surface area contributed by atoms with Gasteiger partial charge in [0.25, 0.3) is 0 Å². The monoisotopic (exact) mass is 230 g/mol. The largest absolute Gasteiger partial charge is 0.301 e. The number of nitrogens with zero attached hydrogens (tertiary/aromatic N) is 2. The lowest BCUT2D eigenvalue weighted by Gasteiger charge is -2.41. The van der Waals surface area contributed by atoms with Gasteiger partial charge in [-0.25, -0.2) is 0 Å². The maximum absolute atomic E-state index is 4.27. The predicted molar refractivity (Wildman–Crippen MR) is 70.0 cm³/mol. The molecule has 2 aliphatic rings. The summed E-state index contributed by atoms with van der Waals surface area (Å²) < 4.78 is 0. The first-order chi connectivity index (χ1) is 8.19. The van der Waals surface area contributed by atoms with Gasteiger partial charge in [-0.15, -0.1) is 0 Å². The van der Waals surface area contributed by atoms with Gasteiger partial charge in [-0.05, 0) is 75.2 Å². The molecule has 2 heteroatoms. The molecule has 17 heavy (non-hydrogen) atoms. The number of hydrogen-bond acceptors (Lipinski definition) is 2. The van der Waals surface area contributed by atoms with Crippen LogP contribution in [0.15, 0.2) is 18.5 Å². The topological polar surface area (TPSA) is 16.1 Å². The van der Waals surface area contributed by atoms with Crippen LogP contribution in [0.1, 0.15) is 37.8 Å². The van der Waals surface area contributed by atoms with Gasteiger partial charge in [0, 0.05) is 18.4 Å². The molecule has 1 fully saturated rings. The highest BCUT2D eigenvalue weighted by Gasteiger charge is 2.39. The molecular formula is C15H22N2. The van der Waals surface area contributed by atoms with Crippen molar-refractivity contribution in [2.45, 2.75) is 45.6 Å². The molecule has 1 saturated heterocycles. The summed E-state index contributed by atoms with van der Waals surface area (Å²) in [5, 5.41) is 0. The van der Waals surface area contributed by atoms with Gasteiger partial charge in [0.1, 0.15) is 0 Å². The summed E-state index contributed by atoms with van der Waals surface area (Å²) in [6.45, 7) is 7.18. The van der Waals surface area contributed by atoms with Crippen molar-refractivity contribution >= 4 is 0 Å². The van der Waals surface area contributed by atoms with E-state index in [1.54, 1.807) is 5.56 Å². The van der Waals surface area contributed by atoms with Crippen molar-refractivity contribution < 1.29 is 0 Å². The SMILES string of the molecule is CC(C)N1CCC2(CC1)Cc1ccncc1C2. The molecule has 2 nitrogen and oxygen atoms in total. The average Bonchev–Trinajstić information content (AvgIpc) is 2.67. The molecular weight excluding hydrogens is 208 g/mol. The molecule has 0 unspecified atom stereocenters. The Kier molecular flexibility index (Phi) is 2.70. The number of hydrogen-bond donors (Lipinski definition) is 0. The standard InChI is InChI=1S/C15H22N2/c1-12(2)17-7-4-15(5-8-17)9-13-3-6-16-11-14(13)10-15/h3,6,11-12H,4-5,7-10H2,1-2H3. The lowest BCUT2D eigenvalue weighted by molar-refractivity contribution is 0.0895. The fourth-order valence-electron chi connectivity index (χ4n) is 3.53. The van der Waals surface area contributed by atoms with Crippen LogP contribution in [0.25, 0.3) is 0 Å². The van der Waals surface area contributed by atoms with E-state index >= 15 is 0 Å². The molecule has 92 valence electrons. The Labute approximate surface area is 104 Å². The summed E-state index contributed by atoms with van der Waals surface area (Å²) >= 11 is 0. The van der Waals surface area contributed by atoms with E-state index in [-0.39, 0.29) is 0 Å². The number of rotatable bonds is 1. The summed E-state index contributed by atoms with van der Waals surface area (Å²) in [7, 11) is 0. The van der Waals surface area contributed by atoms with E-state index in [1.165, 1.54) is 44.3 Å². The van der Waals surface area contributed by atoms with Gasteiger partial charge in [-0.3, -0.25) is 4.98 Å². The van der Waals surface area contributed by atoms with Gasteiger partial charge in [0.05, 0.1) is 0 Å². The van der Waals surface area contributed by atoms with Crippen LogP contribution in [0.3, 0.4) is 0 Å². The van der Waals surface area contributed by atoms with Gasteiger partial charge in [0.15, 0.2) is 0 Å². The molecule has 0 saturated carbocycles. The van der Waals surface area contributed by atoms with Gasteiger partial charge >= 0.3 is 0 Å². The highest BCUT2D eigenvalue weighted by atomic mass is 15.2. The van der Waals surface area contributed by atoms with E-state index in [0.717, 1.165) is 0 Å². The Morgan fingerprint density at radius 3 is 2.53 bits per heavy atom. The fourth-order valence-corrected chi connectivity index (χ4v) is 3.53. The van der Waals surface area contributed by atoms with Gasteiger partial charge in [0.2, 0.25) is 0 Å². The molecule has 0 aromatic carbocycles. The zero-order valence-corrected chi connectivity index (χ0v) is 10.9. The predicted octanol–water partition coefficient (Wildman–Crippen LogP) is 2.67. The number of piperidine rings is 1. The molecule has 1 aromatic rings. The van der Waals surface area contributed by atoms with E-state index in [1.807, 2.05) is 6.20 Å². The van der Waals surface area contributed by atoms with Crippen molar-refractivity contribution in [2.24, 2.45) is 5.41 Å². The maximum atomic E-state index is 4.27. The van der Waals surface area contributed by atoms with Crippen molar-refractivity contribution in [2.75, 3.05) is 13.1 Å². The zero-order chi connectivity index (χ0) is 11.9. The van der Waals surface area contributed by atoms with Crippen LogP contribution < -0.4 is 0 Å². The zero-order valence-electron chi connectivity index (χ0n) is 10.9. The van der Waals surface area contributed by atoms with Crippen molar-refractivity contribution in [3.8, 4) is 0 Å². The van der Waals surface area contributed by atoms with Crippen LogP contribution in [0, 0.1) is 5.41 Å².